The summed E-state index contributed by atoms with van der Waals surface area (Å²) in [5.41, 5.74) is 7.73. The molecule has 1 saturated carbocycles. The molecule has 1 fully saturated rings. The molecule has 3 atom stereocenters. The molecule has 1 aliphatic rings. The summed E-state index contributed by atoms with van der Waals surface area (Å²) in [4.78, 5) is 2.49. The predicted octanol–water partition coefficient (Wildman–Crippen LogP) is 4.03. The quantitative estimate of drug-likeness (QED) is 0.897. The summed E-state index contributed by atoms with van der Waals surface area (Å²) in [7, 11) is 2.24. The standard InChI is InChI=1S/C17H27BrN2/c1-13-8-9-17(12-19,14(2)10-13)20(3)11-15-4-6-16(18)7-5-15/h4-7,13-14H,8-12,19H2,1-3H3. The number of nitrogens with two attached hydrogens (primary N) is 1. The van der Waals surface area contributed by atoms with Gasteiger partial charge in [0.15, 0.2) is 0 Å². The molecular formula is C17H27BrN2. The highest BCUT2D eigenvalue weighted by Crippen LogP contribution is 2.40. The van der Waals surface area contributed by atoms with Gasteiger partial charge in [-0.3, -0.25) is 4.90 Å². The Morgan fingerprint density at radius 2 is 1.95 bits per heavy atom. The molecule has 0 bridgehead atoms. The van der Waals surface area contributed by atoms with Crippen molar-refractivity contribution in [1.29, 1.82) is 0 Å². The third-order valence-electron chi connectivity index (χ3n) is 5.19. The van der Waals surface area contributed by atoms with Crippen LogP contribution in [0.1, 0.15) is 38.7 Å². The van der Waals surface area contributed by atoms with Crippen molar-refractivity contribution in [3.05, 3.63) is 34.3 Å². The number of nitrogens with zero attached hydrogens (tertiary/aromatic N) is 1. The molecule has 0 spiro atoms. The average Bonchev–Trinajstić information content (AvgIpc) is 2.42. The summed E-state index contributed by atoms with van der Waals surface area (Å²) >= 11 is 3.50. The maximum absolute atomic E-state index is 6.20. The minimum atomic E-state index is 0.166. The minimum absolute atomic E-state index is 0.166. The van der Waals surface area contributed by atoms with Gasteiger partial charge in [-0.05, 0) is 55.8 Å². The molecule has 1 aromatic carbocycles. The maximum atomic E-state index is 6.20. The molecule has 2 N–H and O–H groups in total. The van der Waals surface area contributed by atoms with Crippen molar-refractivity contribution in [3.63, 3.8) is 0 Å². The van der Waals surface area contributed by atoms with Gasteiger partial charge in [-0.15, -0.1) is 0 Å². The molecule has 0 aromatic heterocycles. The Balaban J connectivity index is 2.12. The van der Waals surface area contributed by atoms with Crippen LogP contribution in [0.2, 0.25) is 0 Å². The van der Waals surface area contributed by atoms with Crippen LogP contribution in [0.15, 0.2) is 28.7 Å². The number of hydrogen-bond acceptors (Lipinski definition) is 2. The van der Waals surface area contributed by atoms with Gasteiger partial charge in [-0.1, -0.05) is 41.9 Å². The van der Waals surface area contributed by atoms with E-state index in [1.807, 2.05) is 0 Å². The topological polar surface area (TPSA) is 29.3 Å². The zero-order valence-electron chi connectivity index (χ0n) is 12.9. The molecule has 0 saturated heterocycles. The molecule has 3 unspecified atom stereocenters. The van der Waals surface area contributed by atoms with Crippen molar-refractivity contribution in [2.45, 2.75) is 45.2 Å². The van der Waals surface area contributed by atoms with Crippen molar-refractivity contribution in [3.8, 4) is 0 Å². The van der Waals surface area contributed by atoms with Gasteiger partial charge in [0.05, 0.1) is 0 Å². The first-order valence-corrected chi connectivity index (χ1v) is 8.43. The number of likely N-dealkylation sites (N-methyl/N-ethyl adjacent to an activating group) is 1. The van der Waals surface area contributed by atoms with E-state index in [-0.39, 0.29) is 5.54 Å². The summed E-state index contributed by atoms with van der Waals surface area (Å²) in [6, 6.07) is 8.62. The third-order valence-corrected chi connectivity index (χ3v) is 5.72. The molecule has 0 radical (unpaired) electrons. The molecule has 1 aromatic rings. The monoisotopic (exact) mass is 338 g/mol. The molecule has 0 amide bonds. The highest BCUT2D eigenvalue weighted by Gasteiger charge is 2.42. The lowest BCUT2D eigenvalue weighted by Gasteiger charge is -2.50. The largest absolute Gasteiger partial charge is 0.329 e. The number of rotatable bonds is 4. The molecule has 112 valence electrons. The first kappa shape index (κ1) is 16.0. The van der Waals surface area contributed by atoms with Crippen LogP contribution in [-0.4, -0.2) is 24.0 Å². The molecule has 2 rings (SSSR count). The first-order chi connectivity index (χ1) is 9.48. The second-order valence-corrected chi connectivity index (χ2v) is 7.49. The van der Waals surface area contributed by atoms with Gasteiger partial charge < -0.3 is 5.73 Å². The van der Waals surface area contributed by atoms with E-state index in [0.29, 0.717) is 5.92 Å². The normalized spacial score (nSPS) is 30.7. The zero-order valence-corrected chi connectivity index (χ0v) is 14.5. The van der Waals surface area contributed by atoms with Gasteiger partial charge in [0.1, 0.15) is 0 Å². The van der Waals surface area contributed by atoms with Crippen LogP contribution >= 0.6 is 15.9 Å². The van der Waals surface area contributed by atoms with E-state index in [4.69, 9.17) is 5.73 Å². The lowest BCUT2D eigenvalue weighted by atomic mass is 9.69. The van der Waals surface area contributed by atoms with Gasteiger partial charge in [-0.2, -0.15) is 0 Å². The van der Waals surface area contributed by atoms with E-state index >= 15 is 0 Å². The Bertz CT molecular complexity index is 431. The van der Waals surface area contributed by atoms with Crippen LogP contribution in [0, 0.1) is 11.8 Å². The number of halogens is 1. The minimum Gasteiger partial charge on any atom is -0.329 e. The summed E-state index contributed by atoms with van der Waals surface area (Å²) in [5, 5.41) is 0. The molecule has 20 heavy (non-hydrogen) atoms. The van der Waals surface area contributed by atoms with E-state index in [2.05, 4.69) is 66.0 Å². The van der Waals surface area contributed by atoms with Gasteiger partial charge >= 0.3 is 0 Å². The van der Waals surface area contributed by atoms with E-state index in [9.17, 15) is 0 Å². The van der Waals surface area contributed by atoms with Gasteiger partial charge in [-0.25, -0.2) is 0 Å². The van der Waals surface area contributed by atoms with Crippen molar-refractivity contribution < 1.29 is 0 Å². The van der Waals surface area contributed by atoms with E-state index in [1.165, 1.54) is 24.8 Å². The number of benzene rings is 1. The molecule has 0 aliphatic heterocycles. The van der Waals surface area contributed by atoms with E-state index in [0.717, 1.165) is 23.5 Å². The van der Waals surface area contributed by atoms with Crippen LogP contribution in [0.25, 0.3) is 0 Å². The summed E-state index contributed by atoms with van der Waals surface area (Å²) in [6.07, 6.45) is 3.81. The fraction of sp³-hybridized carbons (Fsp3) is 0.647. The van der Waals surface area contributed by atoms with Crippen molar-refractivity contribution in [2.75, 3.05) is 13.6 Å². The van der Waals surface area contributed by atoms with Crippen LogP contribution in [0.4, 0.5) is 0 Å². The third kappa shape index (κ3) is 3.26. The fourth-order valence-corrected chi connectivity index (χ4v) is 4.00. The van der Waals surface area contributed by atoms with E-state index in [1.54, 1.807) is 0 Å². The Kier molecular flexibility index (Phi) is 5.27. The molecule has 3 heteroatoms. The molecule has 0 heterocycles. The number of hydrogen-bond donors (Lipinski definition) is 1. The van der Waals surface area contributed by atoms with Crippen molar-refractivity contribution in [2.24, 2.45) is 17.6 Å². The maximum Gasteiger partial charge on any atom is 0.0357 e. The highest BCUT2D eigenvalue weighted by atomic mass is 79.9. The van der Waals surface area contributed by atoms with Crippen molar-refractivity contribution >= 4 is 15.9 Å². The lowest BCUT2D eigenvalue weighted by molar-refractivity contribution is 0.0128. The average molecular weight is 339 g/mol. The zero-order chi connectivity index (χ0) is 14.8. The fourth-order valence-electron chi connectivity index (χ4n) is 3.73. The highest BCUT2D eigenvalue weighted by molar-refractivity contribution is 9.10. The summed E-state index contributed by atoms with van der Waals surface area (Å²) in [6.45, 7) is 6.48. The Morgan fingerprint density at radius 3 is 2.50 bits per heavy atom. The Morgan fingerprint density at radius 1 is 1.30 bits per heavy atom. The van der Waals surface area contributed by atoms with Gasteiger partial charge in [0.25, 0.3) is 0 Å². The predicted molar refractivity (Wildman–Crippen MR) is 89.6 cm³/mol. The van der Waals surface area contributed by atoms with Crippen LogP contribution < -0.4 is 5.73 Å². The molecule has 1 aliphatic carbocycles. The van der Waals surface area contributed by atoms with Gasteiger partial charge in [0.2, 0.25) is 0 Å². The van der Waals surface area contributed by atoms with Crippen LogP contribution in [-0.2, 0) is 6.54 Å². The van der Waals surface area contributed by atoms with Crippen LogP contribution in [0.3, 0.4) is 0 Å². The SMILES string of the molecule is CC1CCC(CN)(N(C)Cc2ccc(Br)cc2)C(C)C1. The summed E-state index contributed by atoms with van der Waals surface area (Å²) < 4.78 is 1.14. The smallest absolute Gasteiger partial charge is 0.0357 e. The Labute approximate surface area is 131 Å². The molecular weight excluding hydrogens is 312 g/mol. The summed E-state index contributed by atoms with van der Waals surface area (Å²) in [5.74, 6) is 1.50. The second-order valence-electron chi connectivity index (χ2n) is 6.57. The first-order valence-electron chi connectivity index (χ1n) is 7.63. The van der Waals surface area contributed by atoms with E-state index < -0.39 is 0 Å². The Hall–Kier alpha value is -0.380. The van der Waals surface area contributed by atoms with Gasteiger partial charge in [0, 0.05) is 23.1 Å². The second kappa shape index (κ2) is 6.59. The lowest BCUT2D eigenvalue weighted by Crippen LogP contribution is -2.58. The van der Waals surface area contributed by atoms with Crippen molar-refractivity contribution in [1.82, 2.24) is 4.90 Å². The molecule has 2 nitrogen and oxygen atoms in total. The van der Waals surface area contributed by atoms with Crippen LogP contribution in [0.5, 0.6) is 0 Å².